The fourth-order valence-electron chi connectivity index (χ4n) is 2.46. The molecule has 2 N–H and O–H groups in total. The van der Waals surface area contributed by atoms with E-state index < -0.39 is 0 Å². The van der Waals surface area contributed by atoms with Crippen LogP contribution in [0.3, 0.4) is 0 Å². The zero-order valence-electron chi connectivity index (χ0n) is 10.7. The Bertz CT molecular complexity index is 359. The number of hydrogen-bond acceptors (Lipinski definition) is 3. The van der Waals surface area contributed by atoms with Crippen molar-refractivity contribution in [2.75, 3.05) is 25.2 Å². The second-order valence-corrected chi connectivity index (χ2v) is 4.80. The first-order valence-electron chi connectivity index (χ1n) is 6.35. The second kappa shape index (κ2) is 5.52. The highest BCUT2D eigenvalue weighted by molar-refractivity contribution is 5.55. The molecule has 3 heteroatoms. The Balaban J connectivity index is 2.20. The lowest BCUT2D eigenvalue weighted by atomic mass is 10.0. The van der Waals surface area contributed by atoms with Gasteiger partial charge in [-0.1, -0.05) is 18.2 Å². The number of hydrogen-bond donors (Lipinski definition) is 1. The van der Waals surface area contributed by atoms with Gasteiger partial charge in [-0.15, -0.1) is 0 Å². The maximum absolute atomic E-state index is 6.03. The number of para-hydroxylation sites is 1. The minimum absolute atomic E-state index is 0.0773. The van der Waals surface area contributed by atoms with Crippen molar-refractivity contribution in [3.8, 4) is 0 Å². The number of rotatable bonds is 3. The van der Waals surface area contributed by atoms with Crippen LogP contribution in [0.15, 0.2) is 24.3 Å². The van der Waals surface area contributed by atoms with Gasteiger partial charge in [0.2, 0.25) is 0 Å². The Morgan fingerprint density at radius 1 is 1.29 bits per heavy atom. The van der Waals surface area contributed by atoms with Crippen molar-refractivity contribution in [1.82, 2.24) is 0 Å². The van der Waals surface area contributed by atoms with Gasteiger partial charge in [0.25, 0.3) is 0 Å². The third-order valence-electron chi connectivity index (χ3n) is 3.55. The minimum atomic E-state index is 0.0773. The summed E-state index contributed by atoms with van der Waals surface area (Å²) in [4.78, 5) is 2.36. The summed E-state index contributed by atoms with van der Waals surface area (Å²) in [5, 5.41) is 0. The molecule has 0 bridgehead atoms. The molecule has 0 amide bonds. The highest BCUT2D eigenvalue weighted by Gasteiger charge is 2.20. The van der Waals surface area contributed by atoms with E-state index in [1.54, 1.807) is 0 Å². The van der Waals surface area contributed by atoms with Gasteiger partial charge in [0, 0.05) is 38.0 Å². The van der Waals surface area contributed by atoms with Crippen LogP contribution in [0.5, 0.6) is 0 Å². The van der Waals surface area contributed by atoms with Gasteiger partial charge >= 0.3 is 0 Å². The SMILES string of the molecule is C[C@@H](N)c1ccccc1N(C)C1CCOCC1. The van der Waals surface area contributed by atoms with Crippen LogP contribution in [0.25, 0.3) is 0 Å². The topological polar surface area (TPSA) is 38.5 Å². The molecular weight excluding hydrogens is 212 g/mol. The fourth-order valence-corrected chi connectivity index (χ4v) is 2.46. The first-order chi connectivity index (χ1) is 8.20. The van der Waals surface area contributed by atoms with Crippen molar-refractivity contribution in [3.63, 3.8) is 0 Å². The van der Waals surface area contributed by atoms with E-state index in [1.807, 2.05) is 6.92 Å². The smallest absolute Gasteiger partial charge is 0.0485 e. The first-order valence-corrected chi connectivity index (χ1v) is 6.35. The normalized spacial score (nSPS) is 19.0. The van der Waals surface area contributed by atoms with Crippen LogP contribution in [-0.4, -0.2) is 26.3 Å². The Morgan fingerprint density at radius 3 is 2.59 bits per heavy atom. The maximum atomic E-state index is 6.03. The largest absolute Gasteiger partial charge is 0.381 e. The van der Waals surface area contributed by atoms with Crippen LogP contribution >= 0.6 is 0 Å². The first kappa shape index (κ1) is 12.4. The van der Waals surface area contributed by atoms with Crippen molar-refractivity contribution >= 4 is 5.69 Å². The quantitative estimate of drug-likeness (QED) is 0.872. The van der Waals surface area contributed by atoms with Gasteiger partial charge in [0.15, 0.2) is 0 Å². The van der Waals surface area contributed by atoms with Gasteiger partial charge < -0.3 is 15.4 Å². The average Bonchev–Trinajstić information content (AvgIpc) is 2.39. The Morgan fingerprint density at radius 2 is 1.94 bits per heavy atom. The fraction of sp³-hybridized carbons (Fsp3) is 0.571. The van der Waals surface area contributed by atoms with Gasteiger partial charge in [-0.3, -0.25) is 0 Å². The lowest BCUT2D eigenvalue weighted by Gasteiger charge is -2.34. The number of anilines is 1. The molecule has 0 aromatic heterocycles. The van der Waals surface area contributed by atoms with Crippen LogP contribution in [0.4, 0.5) is 5.69 Å². The Hall–Kier alpha value is -1.06. The molecule has 3 nitrogen and oxygen atoms in total. The Kier molecular flexibility index (Phi) is 4.02. The van der Waals surface area contributed by atoms with Crippen molar-refractivity contribution in [2.45, 2.75) is 31.8 Å². The average molecular weight is 234 g/mol. The van der Waals surface area contributed by atoms with E-state index >= 15 is 0 Å². The number of nitrogens with two attached hydrogens (primary N) is 1. The molecule has 0 radical (unpaired) electrons. The molecule has 1 aromatic rings. The van der Waals surface area contributed by atoms with Crippen LogP contribution < -0.4 is 10.6 Å². The van der Waals surface area contributed by atoms with Crippen LogP contribution in [0.2, 0.25) is 0 Å². The summed E-state index contributed by atoms with van der Waals surface area (Å²) >= 11 is 0. The predicted octanol–water partition coefficient (Wildman–Crippen LogP) is 2.32. The highest BCUT2D eigenvalue weighted by atomic mass is 16.5. The lowest BCUT2D eigenvalue weighted by molar-refractivity contribution is 0.0854. The molecule has 1 aliphatic heterocycles. The third-order valence-corrected chi connectivity index (χ3v) is 3.55. The molecule has 0 aliphatic carbocycles. The number of ether oxygens (including phenoxy) is 1. The zero-order valence-corrected chi connectivity index (χ0v) is 10.7. The van der Waals surface area contributed by atoms with Crippen LogP contribution in [0.1, 0.15) is 31.4 Å². The highest BCUT2D eigenvalue weighted by Crippen LogP contribution is 2.27. The molecule has 0 unspecified atom stereocenters. The summed E-state index contributed by atoms with van der Waals surface area (Å²) in [5.74, 6) is 0. The van der Waals surface area contributed by atoms with Gasteiger partial charge in [-0.05, 0) is 31.4 Å². The molecule has 1 aromatic carbocycles. The van der Waals surface area contributed by atoms with Crippen molar-refractivity contribution < 1.29 is 4.74 Å². The molecule has 1 heterocycles. The minimum Gasteiger partial charge on any atom is -0.381 e. The second-order valence-electron chi connectivity index (χ2n) is 4.80. The molecule has 1 atom stereocenters. The van der Waals surface area contributed by atoms with Gasteiger partial charge in [-0.25, -0.2) is 0 Å². The van der Waals surface area contributed by atoms with Gasteiger partial charge in [0.1, 0.15) is 0 Å². The molecule has 2 rings (SSSR count). The summed E-state index contributed by atoms with van der Waals surface area (Å²) in [5.41, 5.74) is 8.51. The van der Waals surface area contributed by atoms with Crippen molar-refractivity contribution in [2.24, 2.45) is 5.73 Å². The van der Waals surface area contributed by atoms with E-state index in [-0.39, 0.29) is 6.04 Å². The molecule has 17 heavy (non-hydrogen) atoms. The summed E-state index contributed by atoms with van der Waals surface area (Å²) < 4.78 is 5.41. The summed E-state index contributed by atoms with van der Waals surface area (Å²) in [6.45, 7) is 3.78. The zero-order chi connectivity index (χ0) is 12.3. The molecule has 0 spiro atoms. The molecule has 1 fully saturated rings. The van der Waals surface area contributed by atoms with Crippen LogP contribution in [-0.2, 0) is 4.74 Å². The molecular formula is C14H22N2O. The summed E-state index contributed by atoms with van der Waals surface area (Å²) in [6.07, 6.45) is 2.20. The van der Waals surface area contributed by atoms with E-state index in [0.717, 1.165) is 26.1 Å². The van der Waals surface area contributed by atoms with E-state index in [4.69, 9.17) is 10.5 Å². The van der Waals surface area contributed by atoms with E-state index in [9.17, 15) is 0 Å². The monoisotopic (exact) mass is 234 g/mol. The van der Waals surface area contributed by atoms with Gasteiger partial charge in [-0.2, -0.15) is 0 Å². The number of benzene rings is 1. The third kappa shape index (κ3) is 2.79. The van der Waals surface area contributed by atoms with E-state index in [1.165, 1.54) is 11.3 Å². The maximum Gasteiger partial charge on any atom is 0.0485 e. The molecule has 0 saturated carbocycles. The predicted molar refractivity (Wildman–Crippen MR) is 71.3 cm³/mol. The van der Waals surface area contributed by atoms with Gasteiger partial charge in [0.05, 0.1) is 0 Å². The van der Waals surface area contributed by atoms with Crippen molar-refractivity contribution in [3.05, 3.63) is 29.8 Å². The summed E-state index contributed by atoms with van der Waals surface area (Å²) in [6, 6.07) is 9.07. The van der Waals surface area contributed by atoms with Crippen LogP contribution in [0, 0.1) is 0 Å². The lowest BCUT2D eigenvalue weighted by Crippen LogP contribution is -2.37. The molecule has 1 saturated heterocycles. The molecule has 1 aliphatic rings. The summed E-state index contributed by atoms with van der Waals surface area (Å²) in [7, 11) is 2.16. The van der Waals surface area contributed by atoms with E-state index in [0.29, 0.717) is 6.04 Å². The van der Waals surface area contributed by atoms with Crippen molar-refractivity contribution in [1.29, 1.82) is 0 Å². The Labute approximate surface area is 104 Å². The van der Waals surface area contributed by atoms with E-state index in [2.05, 4.69) is 36.2 Å². The number of nitrogens with zero attached hydrogens (tertiary/aromatic N) is 1. The molecule has 94 valence electrons. The standard InChI is InChI=1S/C14H22N2O/c1-11(15)13-5-3-4-6-14(13)16(2)12-7-9-17-10-8-12/h3-6,11-12H,7-10,15H2,1-2H3/t11-/m1/s1.